The van der Waals surface area contributed by atoms with Gasteiger partial charge in [0, 0.05) is 0 Å². The van der Waals surface area contributed by atoms with Gasteiger partial charge in [0.2, 0.25) is 0 Å². The van der Waals surface area contributed by atoms with Crippen molar-refractivity contribution in [1.29, 1.82) is 0 Å². The van der Waals surface area contributed by atoms with Crippen molar-refractivity contribution in [3.8, 4) is 0 Å². The predicted octanol–water partition coefficient (Wildman–Crippen LogP) is 3.42. The molecule has 18 heavy (non-hydrogen) atoms. The summed E-state index contributed by atoms with van der Waals surface area (Å²) < 4.78 is 18.8. The molecule has 1 fully saturated rings. The van der Waals surface area contributed by atoms with Crippen LogP contribution in [0.1, 0.15) is 36.8 Å². The quantitative estimate of drug-likeness (QED) is 0.660. The zero-order valence-electron chi connectivity index (χ0n) is 10.5. The van der Waals surface area contributed by atoms with E-state index in [1.54, 1.807) is 6.07 Å². The first-order valence-electron chi connectivity index (χ1n) is 6.25. The Labute approximate surface area is 106 Å². The Hall–Kier alpha value is -1.42. The Balaban J connectivity index is 1.85. The molecule has 1 N–H and O–H groups in total. The van der Waals surface area contributed by atoms with Gasteiger partial charge in [-0.25, -0.2) is 4.39 Å². The van der Waals surface area contributed by atoms with Crippen molar-refractivity contribution in [1.82, 2.24) is 0 Å². The summed E-state index contributed by atoms with van der Waals surface area (Å²) in [7, 11) is 0. The summed E-state index contributed by atoms with van der Waals surface area (Å²) in [5.41, 5.74) is 2.80. The van der Waals surface area contributed by atoms with E-state index >= 15 is 0 Å². The third-order valence-corrected chi connectivity index (χ3v) is 3.43. The van der Waals surface area contributed by atoms with Crippen LogP contribution in [0, 0.1) is 12.7 Å². The SMILES string of the molecule is Cc1cc(F)ccc1COC1CCC(=NO)CC1. The van der Waals surface area contributed by atoms with Crippen LogP contribution in [0.25, 0.3) is 0 Å². The molecule has 3 nitrogen and oxygen atoms in total. The lowest BCUT2D eigenvalue weighted by Gasteiger charge is -2.23. The molecule has 0 unspecified atom stereocenters. The summed E-state index contributed by atoms with van der Waals surface area (Å²) in [5.74, 6) is -0.210. The maximum atomic E-state index is 12.9. The van der Waals surface area contributed by atoms with Crippen molar-refractivity contribution < 1.29 is 14.3 Å². The highest BCUT2D eigenvalue weighted by molar-refractivity contribution is 5.84. The summed E-state index contributed by atoms with van der Waals surface area (Å²) in [6.45, 7) is 2.40. The molecule has 1 aromatic carbocycles. The van der Waals surface area contributed by atoms with E-state index in [1.807, 2.05) is 6.92 Å². The number of hydrogen-bond donors (Lipinski definition) is 1. The van der Waals surface area contributed by atoms with Crippen LogP contribution in [0.3, 0.4) is 0 Å². The minimum Gasteiger partial charge on any atom is -0.411 e. The number of rotatable bonds is 3. The summed E-state index contributed by atoms with van der Waals surface area (Å²) in [4.78, 5) is 0. The standard InChI is InChI=1S/C14H18FNO2/c1-10-8-12(15)3-2-11(10)9-18-14-6-4-13(16-17)5-7-14/h2-3,8,14,17H,4-7,9H2,1H3. The van der Waals surface area contributed by atoms with Crippen LogP contribution < -0.4 is 0 Å². The average molecular weight is 251 g/mol. The van der Waals surface area contributed by atoms with E-state index in [2.05, 4.69) is 5.16 Å². The lowest BCUT2D eigenvalue weighted by molar-refractivity contribution is 0.0274. The van der Waals surface area contributed by atoms with Crippen LogP contribution in [0.4, 0.5) is 4.39 Å². The molecule has 0 atom stereocenters. The molecular weight excluding hydrogens is 233 g/mol. The molecule has 1 aromatic rings. The number of nitrogens with zero attached hydrogens (tertiary/aromatic N) is 1. The number of hydrogen-bond acceptors (Lipinski definition) is 3. The van der Waals surface area contributed by atoms with Gasteiger partial charge in [-0.15, -0.1) is 0 Å². The van der Waals surface area contributed by atoms with Crippen LogP contribution >= 0.6 is 0 Å². The molecule has 0 saturated heterocycles. The van der Waals surface area contributed by atoms with Crippen LogP contribution in [0.15, 0.2) is 23.4 Å². The normalized spacial score (nSPS) is 19.9. The molecule has 1 saturated carbocycles. The van der Waals surface area contributed by atoms with Gasteiger partial charge in [-0.2, -0.15) is 0 Å². The Morgan fingerprint density at radius 3 is 2.72 bits per heavy atom. The largest absolute Gasteiger partial charge is 0.411 e. The van der Waals surface area contributed by atoms with E-state index in [0.717, 1.165) is 42.5 Å². The molecule has 0 spiro atoms. The molecule has 0 aliphatic heterocycles. The molecular formula is C14H18FNO2. The van der Waals surface area contributed by atoms with Gasteiger partial charge in [-0.3, -0.25) is 0 Å². The van der Waals surface area contributed by atoms with Crippen LogP contribution in [-0.4, -0.2) is 17.0 Å². The van der Waals surface area contributed by atoms with Gasteiger partial charge in [-0.05, 0) is 55.9 Å². The maximum absolute atomic E-state index is 12.9. The molecule has 0 aromatic heterocycles. The molecule has 0 radical (unpaired) electrons. The van der Waals surface area contributed by atoms with Gasteiger partial charge in [0.25, 0.3) is 0 Å². The minimum atomic E-state index is -0.210. The molecule has 2 rings (SSSR count). The number of oxime groups is 1. The van der Waals surface area contributed by atoms with Gasteiger partial charge in [0.15, 0.2) is 0 Å². The summed E-state index contributed by atoms with van der Waals surface area (Å²) in [5, 5.41) is 11.9. The van der Waals surface area contributed by atoms with E-state index in [1.165, 1.54) is 12.1 Å². The van der Waals surface area contributed by atoms with Crippen molar-refractivity contribution in [3.05, 3.63) is 35.1 Å². The summed E-state index contributed by atoms with van der Waals surface area (Å²) in [6, 6.07) is 4.76. The first-order valence-corrected chi connectivity index (χ1v) is 6.25. The smallest absolute Gasteiger partial charge is 0.123 e. The maximum Gasteiger partial charge on any atom is 0.123 e. The van der Waals surface area contributed by atoms with Crippen LogP contribution in [0.5, 0.6) is 0 Å². The summed E-state index contributed by atoms with van der Waals surface area (Å²) >= 11 is 0. The van der Waals surface area contributed by atoms with Crippen LogP contribution in [-0.2, 0) is 11.3 Å². The Bertz CT molecular complexity index is 435. The van der Waals surface area contributed by atoms with Gasteiger partial charge in [0.1, 0.15) is 5.82 Å². The third kappa shape index (κ3) is 3.29. The second-order valence-corrected chi connectivity index (χ2v) is 4.75. The predicted molar refractivity (Wildman–Crippen MR) is 67.4 cm³/mol. The van der Waals surface area contributed by atoms with Crippen LogP contribution in [0.2, 0.25) is 0 Å². The number of aryl methyl sites for hydroxylation is 1. The van der Waals surface area contributed by atoms with Crippen molar-refractivity contribution >= 4 is 5.71 Å². The first-order chi connectivity index (χ1) is 8.69. The van der Waals surface area contributed by atoms with Crippen molar-refractivity contribution in [2.24, 2.45) is 5.16 Å². The van der Waals surface area contributed by atoms with E-state index in [4.69, 9.17) is 9.94 Å². The van der Waals surface area contributed by atoms with Crippen molar-refractivity contribution in [2.75, 3.05) is 0 Å². The third-order valence-electron chi connectivity index (χ3n) is 3.43. The number of benzene rings is 1. The zero-order chi connectivity index (χ0) is 13.0. The molecule has 0 bridgehead atoms. The molecule has 4 heteroatoms. The zero-order valence-corrected chi connectivity index (χ0v) is 10.5. The highest BCUT2D eigenvalue weighted by Crippen LogP contribution is 2.21. The first kappa shape index (κ1) is 13.0. The topological polar surface area (TPSA) is 41.8 Å². The van der Waals surface area contributed by atoms with Crippen molar-refractivity contribution in [3.63, 3.8) is 0 Å². The van der Waals surface area contributed by atoms with Gasteiger partial charge < -0.3 is 9.94 Å². The summed E-state index contributed by atoms with van der Waals surface area (Å²) in [6.07, 6.45) is 3.58. The Morgan fingerprint density at radius 1 is 1.39 bits per heavy atom. The molecule has 98 valence electrons. The van der Waals surface area contributed by atoms with E-state index in [-0.39, 0.29) is 11.9 Å². The lowest BCUT2D eigenvalue weighted by atomic mass is 9.96. The Kier molecular flexibility index (Phi) is 4.31. The fourth-order valence-corrected chi connectivity index (χ4v) is 2.22. The second-order valence-electron chi connectivity index (χ2n) is 4.75. The van der Waals surface area contributed by atoms with E-state index in [9.17, 15) is 4.39 Å². The second kappa shape index (κ2) is 5.96. The number of ether oxygens (including phenoxy) is 1. The van der Waals surface area contributed by atoms with Gasteiger partial charge in [0.05, 0.1) is 18.4 Å². The molecule has 1 aliphatic carbocycles. The molecule has 0 heterocycles. The molecule has 0 amide bonds. The highest BCUT2D eigenvalue weighted by atomic mass is 19.1. The monoisotopic (exact) mass is 251 g/mol. The fraction of sp³-hybridized carbons (Fsp3) is 0.500. The van der Waals surface area contributed by atoms with Gasteiger partial charge in [-0.1, -0.05) is 11.2 Å². The van der Waals surface area contributed by atoms with E-state index in [0.29, 0.717) is 6.61 Å². The molecule has 1 aliphatic rings. The Morgan fingerprint density at radius 2 is 2.11 bits per heavy atom. The number of halogens is 1. The fourth-order valence-electron chi connectivity index (χ4n) is 2.22. The van der Waals surface area contributed by atoms with E-state index < -0.39 is 0 Å². The van der Waals surface area contributed by atoms with Gasteiger partial charge >= 0.3 is 0 Å². The average Bonchev–Trinajstić information content (AvgIpc) is 2.38. The lowest BCUT2D eigenvalue weighted by Crippen LogP contribution is -2.21. The van der Waals surface area contributed by atoms with Crippen molar-refractivity contribution in [2.45, 2.75) is 45.3 Å². The highest BCUT2D eigenvalue weighted by Gasteiger charge is 2.18. The minimum absolute atomic E-state index is 0.208.